The van der Waals surface area contributed by atoms with Crippen LogP contribution in [-0.2, 0) is 17.1 Å². The third-order valence-electron chi connectivity index (χ3n) is 5.65. The third kappa shape index (κ3) is 5.10. The summed E-state index contributed by atoms with van der Waals surface area (Å²) in [4.78, 5) is 17.3. The first-order chi connectivity index (χ1) is 16.2. The lowest BCUT2D eigenvalue weighted by molar-refractivity contribution is -0.113. The van der Waals surface area contributed by atoms with Crippen molar-refractivity contribution < 1.29 is 4.79 Å². The molecule has 33 heavy (non-hydrogen) atoms. The molecular formula is C22H25N7OS3. The molecule has 0 aliphatic heterocycles. The molecule has 0 saturated heterocycles. The number of hydrogen-bond acceptors (Lipinski definition) is 8. The molecule has 1 saturated carbocycles. The van der Waals surface area contributed by atoms with Gasteiger partial charge in [-0.2, -0.15) is 5.10 Å². The molecule has 1 N–H and O–H groups in total. The van der Waals surface area contributed by atoms with Crippen LogP contribution < -0.4 is 5.32 Å². The molecule has 1 aliphatic carbocycles. The van der Waals surface area contributed by atoms with Crippen molar-refractivity contribution in [3.8, 4) is 0 Å². The van der Waals surface area contributed by atoms with Crippen LogP contribution in [-0.4, -0.2) is 41.2 Å². The van der Waals surface area contributed by atoms with Gasteiger partial charge in [-0.25, -0.2) is 9.67 Å². The molecule has 1 aromatic carbocycles. The number of para-hydroxylation sites is 1. The number of hydrogen-bond donors (Lipinski definition) is 1. The number of anilines is 1. The van der Waals surface area contributed by atoms with Crippen LogP contribution in [0.4, 0.5) is 5.82 Å². The molecule has 172 valence electrons. The Kier molecular flexibility index (Phi) is 6.98. The third-order valence-corrected chi connectivity index (χ3v) is 8.79. The van der Waals surface area contributed by atoms with Crippen LogP contribution in [0.1, 0.15) is 44.5 Å². The van der Waals surface area contributed by atoms with Gasteiger partial charge in [-0.1, -0.05) is 48.5 Å². The molecule has 3 aromatic heterocycles. The van der Waals surface area contributed by atoms with E-state index in [1.54, 1.807) is 29.3 Å². The number of amides is 1. The Bertz CT molecular complexity index is 1210. The van der Waals surface area contributed by atoms with Gasteiger partial charge in [-0.05, 0) is 31.9 Å². The number of nitrogens with one attached hydrogen (secondary N) is 1. The van der Waals surface area contributed by atoms with Crippen LogP contribution >= 0.6 is 34.9 Å². The van der Waals surface area contributed by atoms with Gasteiger partial charge in [-0.15, -0.1) is 21.5 Å². The van der Waals surface area contributed by atoms with Crippen LogP contribution in [0.3, 0.4) is 0 Å². The van der Waals surface area contributed by atoms with Crippen molar-refractivity contribution in [3.05, 3.63) is 42.4 Å². The molecule has 1 amide bonds. The Balaban J connectivity index is 1.18. The number of fused-ring (bicyclic) bond motifs is 1. The average molecular weight is 500 g/mol. The van der Waals surface area contributed by atoms with E-state index in [0.29, 0.717) is 11.8 Å². The maximum atomic E-state index is 12.6. The van der Waals surface area contributed by atoms with E-state index in [4.69, 9.17) is 0 Å². The second kappa shape index (κ2) is 10.3. The van der Waals surface area contributed by atoms with E-state index in [-0.39, 0.29) is 11.7 Å². The van der Waals surface area contributed by atoms with Crippen LogP contribution in [0.5, 0.6) is 0 Å². The van der Waals surface area contributed by atoms with E-state index in [1.165, 1.54) is 29.3 Å². The number of carbonyl (C=O) groups excluding carboxylic acids is 1. The fourth-order valence-electron chi connectivity index (χ4n) is 4.05. The minimum Gasteiger partial charge on any atom is -0.310 e. The van der Waals surface area contributed by atoms with Crippen molar-refractivity contribution in [2.24, 2.45) is 0 Å². The Morgan fingerprint density at radius 2 is 2.03 bits per heavy atom. The molecule has 4 aromatic rings. The summed E-state index contributed by atoms with van der Waals surface area (Å²) in [6.07, 6.45) is 6.44. The van der Waals surface area contributed by atoms with E-state index in [2.05, 4.69) is 43.2 Å². The largest absolute Gasteiger partial charge is 0.310 e. The highest BCUT2D eigenvalue weighted by Gasteiger charge is 2.21. The van der Waals surface area contributed by atoms with Crippen molar-refractivity contribution in [1.29, 1.82) is 0 Å². The van der Waals surface area contributed by atoms with Gasteiger partial charge >= 0.3 is 0 Å². The summed E-state index contributed by atoms with van der Waals surface area (Å²) < 4.78 is 6.24. The predicted molar refractivity (Wildman–Crippen MR) is 134 cm³/mol. The van der Waals surface area contributed by atoms with Crippen molar-refractivity contribution in [2.75, 3.05) is 11.1 Å². The summed E-state index contributed by atoms with van der Waals surface area (Å²) in [5.41, 5.74) is 1.03. The average Bonchev–Trinajstić information content (AvgIpc) is 3.62. The zero-order valence-corrected chi connectivity index (χ0v) is 20.8. The standard InChI is InChI=1S/C22H25N7OS3/c1-2-28-19(13-32-22-24-16-9-5-6-10-17(16)33-22)26-27-21(28)31-14-20(30)25-18-11-12-23-29(18)15-7-3-4-8-15/h5-6,9-12,15H,2-4,7-8,13-14H2,1H3,(H,25,30). The number of benzene rings is 1. The van der Waals surface area contributed by atoms with Gasteiger partial charge in [0.15, 0.2) is 9.50 Å². The maximum Gasteiger partial charge on any atom is 0.235 e. The highest BCUT2D eigenvalue weighted by atomic mass is 32.2. The van der Waals surface area contributed by atoms with Crippen molar-refractivity contribution in [2.45, 2.75) is 60.4 Å². The van der Waals surface area contributed by atoms with E-state index in [0.717, 1.165) is 46.0 Å². The number of thioether (sulfide) groups is 2. The van der Waals surface area contributed by atoms with E-state index in [1.807, 2.05) is 28.9 Å². The van der Waals surface area contributed by atoms with Crippen molar-refractivity contribution >= 4 is 56.8 Å². The van der Waals surface area contributed by atoms with Crippen LogP contribution in [0.2, 0.25) is 0 Å². The first kappa shape index (κ1) is 22.4. The lowest BCUT2D eigenvalue weighted by Gasteiger charge is -2.14. The molecule has 1 fully saturated rings. The second-order valence-corrected chi connectivity index (χ2v) is 11.0. The predicted octanol–water partition coefficient (Wildman–Crippen LogP) is 5.24. The topological polar surface area (TPSA) is 90.5 Å². The van der Waals surface area contributed by atoms with Gasteiger partial charge in [0.05, 0.1) is 34.0 Å². The summed E-state index contributed by atoms with van der Waals surface area (Å²) in [6, 6.07) is 10.4. The number of carbonyl (C=O) groups is 1. The Morgan fingerprint density at radius 3 is 2.85 bits per heavy atom. The summed E-state index contributed by atoms with van der Waals surface area (Å²) in [7, 11) is 0. The first-order valence-corrected chi connectivity index (χ1v) is 13.9. The van der Waals surface area contributed by atoms with Crippen LogP contribution in [0.25, 0.3) is 10.2 Å². The molecule has 11 heteroatoms. The van der Waals surface area contributed by atoms with Gasteiger partial charge in [0.25, 0.3) is 0 Å². The fourth-order valence-corrected chi connectivity index (χ4v) is 6.88. The fraction of sp³-hybridized carbons (Fsp3) is 0.409. The van der Waals surface area contributed by atoms with Gasteiger partial charge in [0.1, 0.15) is 11.6 Å². The molecule has 1 aliphatic rings. The molecule has 5 rings (SSSR count). The molecule has 0 atom stereocenters. The molecular weight excluding hydrogens is 474 g/mol. The van der Waals surface area contributed by atoms with E-state index in [9.17, 15) is 4.79 Å². The first-order valence-electron chi connectivity index (χ1n) is 11.1. The molecule has 8 nitrogen and oxygen atoms in total. The monoisotopic (exact) mass is 499 g/mol. The van der Waals surface area contributed by atoms with Crippen LogP contribution in [0.15, 0.2) is 46.0 Å². The number of thiazole rings is 1. The van der Waals surface area contributed by atoms with Crippen molar-refractivity contribution in [1.82, 2.24) is 29.5 Å². The zero-order chi connectivity index (χ0) is 22.6. The molecule has 0 radical (unpaired) electrons. The molecule has 3 heterocycles. The maximum absolute atomic E-state index is 12.6. The Labute approximate surface area is 204 Å². The molecule has 0 bridgehead atoms. The lowest BCUT2D eigenvalue weighted by Crippen LogP contribution is -2.19. The summed E-state index contributed by atoms with van der Waals surface area (Å²) in [6.45, 7) is 2.82. The second-order valence-electron chi connectivity index (χ2n) is 7.82. The minimum atomic E-state index is -0.0594. The quantitative estimate of drug-likeness (QED) is 0.315. The number of aromatic nitrogens is 6. The summed E-state index contributed by atoms with van der Waals surface area (Å²) >= 11 is 4.77. The molecule has 0 unspecified atom stereocenters. The van der Waals surface area contributed by atoms with Gasteiger partial charge in [0, 0.05) is 12.6 Å². The SMILES string of the molecule is CCn1c(CSc2nc3ccccc3s2)nnc1SCC(=O)Nc1ccnn1C1CCCC1. The number of nitrogens with zero attached hydrogens (tertiary/aromatic N) is 6. The van der Waals surface area contributed by atoms with Crippen molar-refractivity contribution in [3.63, 3.8) is 0 Å². The van der Waals surface area contributed by atoms with Gasteiger partial charge in [-0.3, -0.25) is 4.79 Å². The smallest absolute Gasteiger partial charge is 0.235 e. The minimum absolute atomic E-state index is 0.0594. The Morgan fingerprint density at radius 1 is 1.18 bits per heavy atom. The normalized spacial score (nSPS) is 14.3. The van der Waals surface area contributed by atoms with E-state index < -0.39 is 0 Å². The van der Waals surface area contributed by atoms with E-state index >= 15 is 0 Å². The highest BCUT2D eigenvalue weighted by Crippen LogP contribution is 2.32. The van der Waals surface area contributed by atoms with Crippen LogP contribution in [0, 0.1) is 0 Å². The lowest BCUT2D eigenvalue weighted by atomic mass is 10.2. The summed E-state index contributed by atoms with van der Waals surface area (Å²) in [5.74, 6) is 2.57. The zero-order valence-electron chi connectivity index (χ0n) is 18.3. The molecule has 0 spiro atoms. The summed E-state index contributed by atoms with van der Waals surface area (Å²) in [5, 5.41) is 16.9. The number of rotatable bonds is 9. The van der Waals surface area contributed by atoms with Gasteiger partial charge < -0.3 is 9.88 Å². The highest BCUT2D eigenvalue weighted by molar-refractivity contribution is 8.00. The Hall–Kier alpha value is -2.37. The van der Waals surface area contributed by atoms with Gasteiger partial charge in [0.2, 0.25) is 5.91 Å².